The van der Waals surface area contributed by atoms with Crippen molar-refractivity contribution in [3.63, 3.8) is 0 Å². The van der Waals surface area contributed by atoms with Crippen molar-refractivity contribution in [3.8, 4) is 0 Å². The number of hydrogen-bond donors (Lipinski definition) is 2. The number of carbonyl (C=O) groups is 2. The molecule has 2 aromatic rings. The van der Waals surface area contributed by atoms with Crippen molar-refractivity contribution >= 4 is 17.5 Å². The molecule has 2 bridgehead atoms. The van der Waals surface area contributed by atoms with Gasteiger partial charge in [-0.15, -0.1) is 0 Å². The molecule has 0 radical (unpaired) electrons. The molecule has 5 heteroatoms. The van der Waals surface area contributed by atoms with E-state index in [-0.39, 0.29) is 23.7 Å². The van der Waals surface area contributed by atoms with Crippen molar-refractivity contribution in [2.45, 2.75) is 37.8 Å². The number of para-hydroxylation sites is 1. The number of nitrogens with one attached hydrogen (secondary N) is 2. The zero-order chi connectivity index (χ0) is 20.7. The van der Waals surface area contributed by atoms with Gasteiger partial charge < -0.3 is 15.5 Å². The number of benzene rings is 2. The van der Waals surface area contributed by atoms with Crippen molar-refractivity contribution in [1.82, 2.24) is 10.2 Å². The minimum absolute atomic E-state index is 0.000226. The fraction of sp³-hybridized carbons (Fsp3) is 0.440. The van der Waals surface area contributed by atoms with Gasteiger partial charge in [-0.05, 0) is 55.7 Å². The van der Waals surface area contributed by atoms with E-state index in [0.717, 1.165) is 44.3 Å². The van der Waals surface area contributed by atoms with Gasteiger partial charge in [-0.3, -0.25) is 9.59 Å². The van der Waals surface area contributed by atoms with E-state index in [1.165, 1.54) is 5.56 Å². The summed E-state index contributed by atoms with van der Waals surface area (Å²) in [5.41, 5.74) is 2.47. The average molecular weight is 404 g/mol. The van der Waals surface area contributed by atoms with Gasteiger partial charge in [0.05, 0.1) is 5.56 Å². The van der Waals surface area contributed by atoms with E-state index in [4.69, 9.17) is 0 Å². The van der Waals surface area contributed by atoms with Gasteiger partial charge in [0.2, 0.25) is 5.91 Å². The van der Waals surface area contributed by atoms with Gasteiger partial charge in [0.25, 0.3) is 5.91 Å². The molecule has 1 spiro atoms. The Kier molecular flexibility index (Phi) is 4.76. The van der Waals surface area contributed by atoms with Crippen LogP contribution in [-0.2, 0) is 11.2 Å². The van der Waals surface area contributed by atoms with Gasteiger partial charge in [-0.2, -0.15) is 0 Å². The molecule has 0 unspecified atom stereocenters. The maximum absolute atomic E-state index is 13.3. The van der Waals surface area contributed by atoms with E-state index in [2.05, 4.69) is 22.8 Å². The molecule has 0 saturated heterocycles. The summed E-state index contributed by atoms with van der Waals surface area (Å²) in [6.07, 6.45) is 4.66. The highest BCUT2D eigenvalue weighted by atomic mass is 16.2. The summed E-state index contributed by atoms with van der Waals surface area (Å²) >= 11 is 0. The van der Waals surface area contributed by atoms with E-state index in [1.807, 2.05) is 54.4 Å². The Labute approximate surface area is 177 Å². The number of likely N-dealkylation sites (N-methyl/N-ethyl adjacent to an activating group) is 1. The first-order chi connectivity index (χ1) is 14.6. The van der Waals surface area contributed by atoms with Crippen LogP contribution in [-0.4, -0.2) is 36.0 Å². The SMILES string of the molecule is CN(CCc1ccccc1)C(=O)[C@@H]1C[C@@H]2CC[C@@H]1C[C@@]21NC(=O)c2ccccc2N1. The molecule has 5 nitrogen and oxygen atoms in total. The second kappa shape index (κ2) is 7.46. The third kappa shape index (κ3) is 3.26. The maximum atomic E-state index is 13.3. The molecule has 2 amide bonds. The van der Waals surface area contributed by atoms with Crippen LogP contribution in [0.4, 0.5) is 5.69 Å². The van der Waals surface area contributed by atoms with Gasteiger partial charge >= 0.3 is 0 Å². The Morgan fingerprint density at radius 3 is 2.60 bits per heavy atom. The summed E-state index contributed by atoms with van der Waals surface area (Å²) < 4.78 is 0. The van der Waals surface area contributed by atoms with Gasteiger partial charge in [0.15, 0.2) is 0 Å². The molecular weight excluding hydrogens is 374 g/mol. The van der Waals surface area contributed by atoms with Gasteiger partial charge in [-0.1, -0.05) is 42.5 Å². The van der Waals surface area contributed by atoms with Gasteiger partial charge in [0.1, 0.15) is 5.66 Å². The Morgan fingerprint density at radius 1 is 1.07 bits per heavy atom. The zero-order valence-corrected chi connectivity index (χ0v) is 17.4. The molecule has 156 valence electrons. The first-order valence-corrected chi connectivity index (χ1v) is 11.0. The minimum Gasteiger partial charge on any atom is -0.362 e. The highest BCUT2D eigenvalue weighted by Crippen LogP contribution is 2.52. The van der Waals surface area contributed by atoms with E-state index >= 15 is 0 Å². The Morgan fingerprint density at radius 2 is 1.83 bits per heavy atom. The topological polar surface area (TPSA) is 61.4 Å². The Hall–Kier alpha value is -2.82. The average Bonchev–Trinajstić information content (AvgIpc) is 2.78. The first kappa shape index (κ1) is 19.2. The van der Waals surface area contributed by atoms with Gasteiger partial charge in [0, 0.05) is 31.1 Å². The van der Waals surface area contributed by atoms with Crippen molar-refractivity contribution < 1.29 is 9.59 Å². The lowest BCUT2D eigenvalue weighted by atomic mass is 9.58. The van der Waals surface area contributed by atoms with Crippen LogP contribution in [0.15, 0.2) is 54.6 Å². The summed E-state index contributed by atoms with van der Waals surface area (Å²) in [5, 5.41) is 6.93. The highest BCUT2D eigenvalue weighted by molar-refractivity contribution is 6.02. The molecule has 4 aliphatic rings. The van der Waals surface area contributed by atoms with E-state index in [9.17, 15) is 9.59 Å². The number of fused-ring (bicyclic) bond motifs is 3. The third-order valence-electron chi connectivity index (χ3n) is 7.41. The van der Waals surface area contributed by atoms with E-state index in [0.29, 0.717) is 11.5 Å². The van der Waals surface area contributed by atoms with Crippen molar-refractivity contribution in [2.75, 3.05) is 18.9 Å². The maximum Gasteiger partial charge on any atom is 0.255 e. The lowest BCUT2D eigenvalue weighted by molar-refractivity contribution is -0.141. The predicted octanol–water partition coefficient (Wildman–Crippen LogP) is 3.68. The molecule has 3 saturated carbocycles. The summed E-state index contributed by atoms with van der Waals surface area (Å²) in [7, 11) is 1.93. The fourth-order valence-electron chi connectivity index (χ4n) is 5.78. The van der Waals surface area contributed by atoms with Crippen LogP contribution < -0.4 is 10.6 Å². The number of amides is 2. The molecular formula is C25H29N3O2. The standard InChI is InChI=1S/C25H29N3O2/c1-28(14-13-17-7-3-2-4-8-17)24(30)21-15-19-12-11-18(21)16-25(19)26-22-10-6-5-9-20(22)23(29)27-25/h2-10,18-19,21,26H,11-16H2,1H3,(H,27,29)/t18-,19+,21-,25-/m1/s1. The van der Waals surface area contributed by atoms with E-state index < -0.39 is 5.66 Å². The number of anilines is 1. The number of rotatable bonds is 4. The summed E-state index contributed by atoms with van der Waals surface area (Å²) in [6, 6.07) is 18.0. The second-order valence-corrected chi connectivity index (χ2v) is 9.17. The fourth-order valence-corrected chi connectivity index (χ4v) is 5.78. The number of hydrogen-bond acceptors (Lipinski definition) is 3. The van der Waals surface area contributed by atoms with Crippen LogP contribution in [0.3, 0.4) is 0 Å². The monoisotopic (exact) mass is 403 g/mol. The lowest BCUT2D eigenvalue weighted by Gasteiger charge is -2.56. The normalized spacial score (nSPS) is 29.1. The summed E-state index contributed by atoms with van der Waals surface area (Å²) in [4.78, 5) is 27.9. The molecule has 0 aromatic heterocycles. The number of nitrogens with zero attached hydrogens (tertiary/aromatic N) is 1. The van der Waals surface area contributed by atoms with Crippen LogP contribution in [0.2, 0.25) is 0 Å². The molecule has 1 heterocycles. The molecule has 30 heavy (non-hydrogen) atoms. The second-order valence-electron chi connectivity index (χ2n) is 9.17. The Balaban J connectivity index is 1.28. The molecule has 2 aromatic carbocycles. The van der Waals surface area contributed by atoms with Crippen LogP contribution in [0.1, 0.15) is 41.6 Å². The third-order valence-corrected chi connectivity index (χ3v) is 7.41. The van der Waals surface area contributed by atoms with Crippen LogP contribution in [0, 0.1) is 17.8 Å². The van der Waals surface area contributed by atoms with Crippen LogP contribution in [0.5, 0.6) is 0 Å². The molecule has 6 rings (SSSR count). The highest BCUT2D eigenvalue weighted by Gasteiger charge is 2.55. The van der Waals surface area contributed by atoms with Crippen LogP contribution >= 0.6 is 0 Å². The minimum atomic E-state index is -0.409. The quantitative estimate of drug-likeness (QED) is 0.819. The molecule has 2 N–H and O–H groups in total. The first-order valence-electron chi connectivity index (χ1n) is 11.0. The summed E-state index contributed by atoms with van der Waals surface area (Å²) in [5.74, 6) is 0.903. The van der Waals surface area contributed by atoms with Crippen molar-refractivity contribution in [3.05, 3.63) is 65.7 Å². The predicted molar refractivity (Wildman–Crippen MR) is 117 cm³/mol. The van der Waals surface area contributed by atoms with Crippen molar-refractivity contribution in [2.24, 2.45) is 17.8 Å². The largest absolute Gasteiger partial charge is 0.362 e. The van der Waals surface area contributed by atoms with Gasteiger partial charge in [-0.25, -0.2) is 0 Å². The molecule has 3 fully saturated rings. The number of carbonyl (C=O) groups excluding carboxylic acids is 2. The Bertz CT molecular complexity index is 960. The molecule has 3 aliphatic carbocycles. The molecule has 4 atom stereocenters. The smallest absolute Gasteiger partial charge is 0.255 e. The van der Waals surface area contributed by atoms with Crippen LogP contribution in [0.25, 0.3) is 0 Å². The lowest BCUT2D eigenvalue weighted by Crippen LogP contribution is -2.68. The zero-order valence-electron chi connectivity index (χ0n) is 17.4. The summed E-state index contributed by atoms with van der Waals surface area (Å²) in [6.45, 7) is 0.740. The van der Waals surface area contributed by atoms with Crippen molar-refractivity contribution in [1.29, 1.82) is 0 Å². The molecule has 1 aliphatic heterocycles. The van der Waals surface area contributed by atoms with E-state index in [1.54, 1.807) is 0 Å².